The molecule has 3 aromatic rings. The third-order valence-corrected chi connectivity index (χ3v) is 13.3. The van der Waals surface area contributed by atoms with Gasteiger partial charge in [0.15, 0.2) is 46.7 Å². The molecule has 12 nitrogen and oxygen atoms in total. The van der Waals surface area contributed by atoms with Crippen molar-refractivity contribution in [1.29, 1.82) is 0 Å². The molecular weight excluding hydrogens is 793 g/mol. The minimum absolute atomic E-state index is 0.0699. The van der Waals surface area contributed by atoms with Gasteiger partial charge in [0, 0.05) is 33.9 Å². The molecule has 0 aliphatic carbocycles. The summed E-state index contributed by atoms with van der Waals surface area (Å²) in [6, 6.07) is 4.09. The van der Waals surface area contributed by atoms with Crippen molar-refractivity contribution in [2.24, 2.45) is 0 Å². The minimum Gasteiger partial charge on any atom is -0.507 e. The molecule has 9 N–H and O–H groups in total. The van der Waals surface area contributed by atoms with E-state index in [1.165, 1.54) is 25.7 Å². The van der Waals surface area contributed by atoms with Crippen molar-refractivity contribution in [3.63, 3.8) is 0 Å². The van der Waals surface area contributed by atoms with E-state index in [-0.39, 0.29) is 52.1 Å². The number of fused-ring (bicyclic) bond motifs is 1. The molecular formula is C42H58O12S3. The van der Waals surface area contributed by atoms with Crippen molar-refractivity contribution >= 4 is 41.3 Å². The van der Waals surface area contributed by atoms with Crippen LogP contribution in [0.4, 0.5) is 0 Å². The molecule has 1 aliphatic rings. The Bertz CT molecular complexity index is 1720. The summed E-state index contributed by atoms with van der Waals surface area (Å²) in [5.74, 6) is -3.52. The Balaban J connectivity index is 1.81. The number of rotatable bonds is 24. The number of ether oxygens (including phenoxy) is 2. The number of aliphatic hydroxyl groups excluding tert-OH is 1. The molecule has 0 aromatic heterocycles. The van der Waals surface area contributed by atoms with Crippen molar-refractivity contribution in [1.82, 2.24) is 0 Å². The first kappa shape index (κ1) is 46.0. The molecule has 4 rings (SSSR count). The van der Waals surface area contributed by atoms with Crippen molar-refractivity contribution in [3.8, 4) is 51.7 Å². The van der Waals surface area contributed by atoms with Gasteiger partial charge in [-0.15, -0.1) is 11.8 Å². The van der Waals surface area contributed by atoms with Gasteiger partial charge in [0.05, 0.1) is 23.0 Å². The van der Waals surface area contributed by atoms with E-state index in [1.54, 1.807) is 23.5 Å². The maximum atomic E-state index is 13.8. The fourth-order valence-corrected chi connectivity index (χ4v) is 9.97. The molecule has 15 heteroatoms. The average Bonchev–Trinajstić information content (AvgIpc) is 3.19. The Morgan fingerprint density at radius 3 is 1.65 bits per heavy atom. The highest BCUT2D eigenvalue weighted by atomic mass is 32.2. The minimum atomic E-state index is -1.37. The van der Waals surface area contributed by atoms with E-state index in [0.29, 0.717) is 16.9 Å². The highest BCUT2D eigenvalue weighted by Gasteiger charge is 2.47. The molecule has 3 atom stereocenters. The van der Waals surface area contributed by atoms with Crippen LogP contribution in [0.5, 0.6) is 51.7 Å². The maximum absolute atomic E-state index is 13.8. The number of unbranched alkanes of at least 4 members (excludes halogenated alkanes) is 10. The lowest BCUT2D eigenvalue weighted by Gasteiger charge is -2.40. The molecule has 0 unspecified atom stereocenters. The Hall–Kier alpha value is -3.66. The quantitative estimate of drug-likeness (QED) is 0.0233. The number of carbonyl (C=O) groups excluding carboxylic acids is 1. The number of hydrogen-bond acceptors (Lipinski definition) is 15. The van der Waals surface area contributed by atoms with Crippen LogP contribution in [-0.2, 0) is 16.2 Å². The largest absolute Gasteiger partial charge is 0.507 e. The SMILES string of the molecule is CCCCCCCCSCc1c(O)c(CSCCCCCCCC)c2c(c1O)[C@H](SCCO)[C@@H](OC(=O)c1cc(O)c(O)c(O)c1)[C@@H](c1cc(O)c(O)c(O)c1)O2. The molecule has 0 fully saturated rings. The van der Waals surface area contributed by atoms with E-state index in [4.69, 9.17) is 9.47 Å². The summed E-state index contributed by atoms with van der Waals surface area (Å²) in [7, 11) is 0. The maximum Gasteiger partial charge on any atom is 0.338 e. The number of esters is 1. The average molecular weight is 851 g/mol. The standard InChI is InChI=1S/C42H58O12S3/c1-3-5-7-9-11-13-16-55-23-27-34(48)28(24-56-17-14-12-10-8-6-4-2)39-33(35(27)49)41(57-18-15-43)40(38(53-39)25-19-29(44)36(50)30(45)20-25)54-42(52)26-21-31(46)37(51)32(47)22-26/h19-22,38,40-41,43-51H,3-18,23-24H2,1-2H3/t38-,40+,41+/m1/s1. The zero-order chi connectivity index (χ0) is 41.5. The van der Waals surface area contributed by atoms with Crippen LogP contribution in [0.25, 0.3) is 0 Å². The van der Waals surface area contributed by atoms with Crippen LogP contribution in [0.1, 0.15) is 135 Å². The molecule has 3 aromatic carbocycles. The van der Waals surface area contributed by atoms with Crippen LogP contribution in [-0.4, -0.2) is 81.9 Å². The van der Waals surface area contributed by atoms with Crippen molar-refractivity contribution in [2.45, 2.75) is 120 Å². The van der Waals surface area contributed by atoms with E-state index in [1.807, 2.05) is 0 Å². The first-order valence-corrected chi connectivity index (χ1v) is 23.2. The Kier molecular flexibility index (Phi) is 18.6. The number of phenols is 8. The second-order valence-corrected chi connectivity index (χ2v) is 17.7. The summed E-state index contributed by atoms with van der Waals surface area (Å²) in [6.07, 6.45) is 10.8. The second kappa shape index (κ2) is 23.1. The van der Waals surface area contributed by atoms with Gasteiger partial charge in [0.25, 0.3) is 0 Å². The lowest BCUT2D eigenvalue weighted by molar-refractivity contribution is -0.0206. The smallest absolute Gasteiger partial charge is 0.338 e. The second-order valence-electron chi connectivity index (χ2n) is 14.2. The first-order chi connectivity index (χ1) is 27.4. The summed E-state index contributed by atoms with van der Waals surface area (Å²) < 4.78 is 12.7. The van der Waals surface area contributed by atoms with Gasteiger partial charge in [-0.1, -0.05) is 78.1 Å². The van der Waals surface area contributed by atoms with E-state index in [0.717, 1.165) is 98.9 Å². The number of benzene rings is 3. The van der Waals surface area contributed by atoms with Gasteiger partial charge in [-0.25, -0.2) is 4.79 Å². The summed E-state index contributed by atoms with van der Waals surface area (Å²) in [5.41, 5.74) is 0.687. The molecule has 0 saturated carbocycles. The molecule has 1 heterocycles. The van der Waals surface area contributed by atoms with Crippen molar-refractivity contribution in [3.05, 3.63) is 52.1 Å². The summed E-state index contributed by atoms with van der Waals surface area (Å²) in [5, 5.41) is 94.6. The van der Waals surface area contributed by atoms with Crippen LogP contribution in [0, 0.1) is 0 Å². The monoisotopic (exact) mass is 850 g/mol. The van der Waals surface area contributed by atoms with Crippen molar-refractivity contribution < 1.29 is 60.2 Å². The Morgan fingerprint density at radius 1 is 0.632 bits per heavy atom. The molecule has 0 spiro atoms. The molecule has 316 valence electrons. The molecule has 0 radical (unpaired) electrons. The van der Waals surface area contributed by atoms with Gasteiger partial charge in [-0.05, 0) is 48.6 Å². The van der Waals surface area contributed by atoms with Gasteiger partial charge >= 0.3 is 5.97 Å². The highest BCUT2D eigenvalue weighted by Crippen LogP contribution is 2.58. The van der Waals surface area contributed by atoms with Gasteiger partial charge < -0.3 is 55.4 Å². The lowest BCUT2D eigenvalue weighted by Crippen LogP contribution is -2.38. The lowest BCUT2D eigenvalue weighted by atomic mass is 9.89. The van der Waals surface area contributed by atoms with Crippen LogP contribution >= 0.6 is 35.3 Å². The van der Waals surface area contributed by atoms with Crippen LogP contribution < -0.4 is 4.74 Å². The number of carbonyl (C=O) groups is 1. The van der Waals surface area contributed by atoms with Crippen molar-refractivity contribution in [2.75, 3.05) is 23.9 Å². The molecule has 0 amide bonds. The fraction of sp³-hybridized carbons (Fsp3) is 0.548. The normalized spacial score (nSPS) is 16.3. The highest BCUT2D eigenvalue weighted by molar-refractivity contribution is 7.99. The number of aliphatic hydroxyl groups is 1. The Labute approximate surface area is 347 Å². The molecule has 1 aliphatic heterocycles. The van der Waals surface area contributed by atoms with E-state index >= 15 is 0 Å². The third-order valence-electron chi connectivity index (χ3n) is 9.89. The predicted octanol–water partition coefficient (Wildman–Crippen LogP) is 9.64. The zero-order valence-corrected chi connectivity index (χ0v) is 35.2. The van der Waals surface area contributed by atoms with Gasteiger partial charge in [0.2, 0.25) is 0 Å². The fourth-order valence-electron chi connectivity index (χ4n) is 6.78. The van der Waals surface area contributed by atoms with Crippen LogP contribution in [0.2, 0.25) is 0 Å². The third kappa shape index (κ3) is 12.2. The number of hydrogen-bond donors (Lipinski definition) is 9. The molecule has 57 heavy (non-hydrogen) atoms. The number of phenolic OH excluding ortho intramolecular Hbond substituents is 8. The van der Waals surface area contributed by atoms with E-state index in [2.05, 4.69) is 13.8 Å². The van der Waals surface area contributed by atoms with Gasteiger partial charge in [-0.2, -0.15) is 23.5 Å². The number of aromatic hydroxyl groups is 8. The van der Waals surface area contributed by atoms with E-state index < -0.39 is 57.9 Å². The molecule has 0 saturated heterocycles. The Morgan fingerprint density at radius 2 is 1.12 bits per heavy atom. The van der Waals surface area contributed by atoms with Gasteiger partial charge in [-0.3, -0.25) is 0 Å². The predicted molar refractivity (Wildman–Crippen MR) is 227 cm³/mol. The summed E-state index contributed by atoms with van der Waals surface area (Å²) >= 11 is 4.34. The first-order valence-electron chi connectivity index (χ1n) is 19.8. The van der Waals surface area contributed by atoms with E-state index in [9.17, 15) is 50.8 Å². The van der Waals surface area contributed by atoms with Crippen LogP contribution in [0.15, 0.2) is 24.3 Å². The van der Waals surface area contributed by atoms with Gasteiger partial charge in [0.1, 0.15) is 17.2 Å². The van der Waals surface area contributed by atoms with Crippen LogP contribution in [0.3, 0.4) is 0 Å². The number of thioether (sulfide) groups is 3. The summed E-state index contributed by atoms with van der Waals surface area (Å²) in [4.78, 5) is 13.8. The summed E-state index contributed by atoms with van der Waals surface area (Å²) in [6.45, 7) is 4.06. The molecule has 0 bridgehead atoms. The zero-order valence-electron chi connectivity index (χ0n) is 32.7. The topological polar surface area (TPSA) is 218 Å².